The molecule has 3 heterocycles. The minimum atomic E-state index is -1.08. The second-order valence-corrected chi connectivity index (χ2v) is 14.6. The summed E-state index contributed by atoms with van der Waals surface area (Å²) >= 11 is 2.72. The largest absolute Gasteiger partial charge is 0.444 e. The van der Waals surface area contributed by atoms with Gasteiger partial charge in [0.25, 0.3) is 0 Å². The number of hydrogen-bond donors (Lipinski definition) is 4. The van der Waals surface area contributed by atoms with E-state index in [0.717, 1.165) is 34.2 Å². The Morgan fingerprint density at radius 2 is 1.54 bits per heavy atom. The average Bonchev–Trinajstić information content (AvgIpc) is 3.86. The molecule has 0 radical (unpaired) electrons. The molecule has 15 heteroatoms. The van der Waals surface area contributed by atoms with E-state index in [-0.39, 0.29) is 25.6 Å². The van der Waals surface area contributed by atoms with Crippen LogP contribution in [0.1, 0.15) is 42.0 Å². The smallest absolute Gasteiger partial charge is 0.408 e. The van der Waals surface area contributed by atoms with Crippen LogP contribution in [0.15, 0.2) is 78.3 Å². The number of rotatable bonds is 17. The maximum absolute atomic E-state index is 13.8. The topological polar surface area (TPSA) is 164 Å². The summed E-state index contributed by atoms with van der Waals surface area (Å²) in [5.41, 5.74) is 2.48. The van der Waals surface area contributed by atoms with Crippen molar-refractivity contribution in [1.29, 1.82) is 0 Å². The van der Waals surface area contributed by atoms with Crippen molar-refractivity contribution in [1.82, 2.24) is 25.3 Å². The predicted molar refractivity (Wildman–Crippen MR) is 199 cm³/mol. The number of aliphatic hydroxyl groups is 1. The number of nitrogens with zero attached hydrogens (tertiary/aromatic N) is 3. The summed E-state index contributed by atoms with van der Waals surface area (Å²) in [4.78, 5) is 47.2. The number of anilines is 1. The van der Waals surface area contributed by atoms with Gasteiger partial charge in [-0.1, -0.05) is 74.5 Å². The van der Waals surface area contributed by atoms with E-state index in [9.17, 15) is 19.5 Å². The lowest BCUT2D eigenvalue weighted by atomic mass is 9.93. The number of ether oxygens (including phenoxy) is 3. The minimum Gasteiger partial charge on any atom is -0.444 e. The molecule has 4 N–H and O–H groups in total. The van der Waals surface area contributed by atoms with Crippen LogP contribution in [0.3, 0.4) is 0 Å². The zero-order valence-electron chi connectivity index (χ0n) is 29.3. The van der Waals surface area contributed by atoms with Gasteiger partial charge in [0, 0.05) is 30.7 Å². The van der Waals surface area contributed by atoms with Gasteiger partial charge >= 0.3 is 12.2 Å². The molecule has 0 spiro atoms. The predicted octanol–water partition coefficient (Wildman–Crippen LogP) is 4.70. The van der Waals surface area contributed by atoms with Gasteiger partial charge in [0.1, 0.15) is 19.3 Å². The number of benzene rings is 2. The highest BCUT2D eigenvalue weighted by Gasteiger charge is 2.31. The zero-order chi connectivity index (χ0) is 36.7. The third-order valence-electron chi connectivity index (χ3n) is 8.50. The highest BCUT2D eigenvalue weighted by Crippen LogP contribution is 2.22. The van der Waals surface area contributed by atoms with Crippen molar-refractivity contribution in [2.24, 2.45) is 5.92 Å². The summed E-state index contributed by atoms with van der Waals surface area (Å²) in [6, 6.07) is 18.7. The molecular formula is C37H46N6O7S2. The Kier molecular flexibility index (Phi) is 14.8. The molecule has 4 atom stereocenters. The van der Waals surface area contributed by atoms with E-state index in [0.29, 0.717) is 31.7 Å². The standard InChI is InChI=1S/C37H46N6O7S2/c1-25(2)33(42-37(47)49-22-29-24-51-35(39-29)43-15-17-48-18-16-43)34(45)41-31(20-27-11-7-4-8-12-27)32(44)21-28(19-26-9-5-3-6-10-26)40-36(46)50-23-30-13-14-38-52-30/h3-14,24-25,28,31-33,44H,15-23H2,1-2H3,(H,40,46)(H,41,45)(H,42,47)/t28-,31-,32-,33-/m0/s1. The van der Waals surface area contributed by atoms with Crippen LogP contribution in [-0.2, 0) is 45.1 Å². The Hall–Kier alpha value is -4.57. The lowest BCUT2D eigenvalue weighted by Gasteiger charge is -2.30. The summed E-state index contributed by atoms with van der Waals surface area (Å²) in [6.07, 6.45) is 0.0424. The molecule has 278 valence electrons. The molecule has 3 amide bonds. The Morgan fingerprint density at radius 3 is 2.19 bits per heavy atom. The van der Waals surface area contributed by atoms with E-state index in [4.69, 9.17) is 14.2 Å². The van der Waals surface area contributed by atoms with Crippen molar-refractivity contribution in [3.63, 3.8) is 0 Å². The lowest BCUT2D eigenvalue weighted by Crippen LogP contribution is -2.56. The number of aliphatic hydroxyl groups excluding tert-OH is 1. The van der Waals surface area contributed by atoms with Crippen LogP contribution in [0.25, 0.3) is 0 Å². The lowest BCUT2D eigenvalue weighted by molar-refractivity contribution is -0.125. The van der Waals surface area contributed by atoms with Crippen molar-refractivity contribution in [3.8, 4) is 0 Å². The summed E-state index contributed by atoms with van der Waals surface area (Å²) in [7, 11) is 0. The summed E-state index contributed by atoms with van der Waals surface area (Å²) in [5, 5.41) is 23.0. The molecular weight excluding hydrogens is 705 g/mol. The van der Waals surface area contributed by atoms with Crippen LogP contribution >= 0.6 is 22.9 Å². The van der Waals surface area contributed by atoms with Crippen LogP contribution in [-0.4, -0.2) is 83.1 Å². The molecule has 13 nitrogen and oxygen atoms in total. The molecule has 2 aromatic carbocycles. The first-order chi connectivity index (χ1) is 25.2. The molecule has 4 aromatic rings. The fourth-order valence-corrected chi connectivity index (χ4v) is 7.09. The molecule has 2 aromatic heterocycles. The van der Waals surface area contributed by atoms with Crippen molar-refractivity contribution in [2.45, 2.75) is 70.6 Å². The second kappa shape index (κ2) is 19.9. The van der Waals surface area contributed by atoms with E-state index in [1.165, 1.54) is 22.9 Å². The Labute approximate surface area is 311 Å². The first-order valence-corrected chi connectivity index (χ1v) is 19.0. The highest BCUT2D eigenvalue weighted by molar-refractivity contribution is 7.13. The van der Waals surface area contributed by atoms with Crippen LogP contribution in [0.2, 0.25) is 0 Å². The number of thiazole rings is 1. The van der Waals surface area contributed by atoms with Crippen molar-refractivity contribution >= 4 is 46.1 Å². The number of hydrogen-bond acceptors (Lipinski definition) is 12. The summed E-state index contributed by atoms with van der Waals surface area (Å²) < 4.78 is 20.3. The molecule has 0 saturated carbocycles. The number of carbonyl (C=O) groups excluding carboxylic acids is 3. The molecule has 1 fully saturated rings. The highest BCUT2D eigenvalue weighted by atomic mass is 32.1. The van der Waals surface area contributed by atoms with Gasteiger partial charge in [-0.2, -0.15) is 0 Å². The maximum Gasteiger partial charge on any atom is 0.408 e. The van der Waals surface area contributed by atoms with Crippen LogP contribution in [0.4, 0.5) is 14.7 Å². The molecule has 1 aliphatic heterocycles. The van der Waals surface area contributed by atoms with E-state index in [1.54, 1.807) is 12.3 Å². The number of carbonyl (C=O) groups is 3. The Morgan fingerprint density at radius 1 is 0.885 bits per heavy atom. The second-order valence-electron chi connectivity index (χ2n) is 12.9. The fourth-order valence-electron chi connectivity index (χ4n) is 5.74. The van der Waals surface area contributed by atoms with Gasteiger partial charge in [-0.3, -0.25) is 4.79 Å². The first-order valence-electron chi connectivity index (χ1n) is 17.3. The number of amides is 3. The molecule has 1 saturated heterocycles. The molecule has 0 aliphatic carbocycles. The van der Waals surface area contributed by atoms with Gasteiger partial charge in [0.2, 0.25) is 5.91 Å². The fraction of sp³-hybridized carbons (Fsp3) is 0.432. The zero-order valence-corrected chi connectivity index (χ0v) is 30.9. The van der Waals surface area contributed by atoms with E-state index < -0.39 is 42.3 Å². The Bertz CT molecular complexity index is 1670. The first kappa shape index (κ1) is 38.7. The molecule has 52 heavy (non-hydrogen) atoms. The van der Waals surface area contributed by atoms with Gasteiger partial charge < -0.3 is 40.2 Å². The van der Waals surface area contributed by atoms with Gasteiger partial charge in [-0.05, 0) is 53.9 Å². The monoisotopic (exact) mass is 750 g/mol. The van der Waals surface area contributed by atoms with Crippen molar-refractivity contribution < 1.29 is 33.7 Å². The van der Waals surface area contributed by atoms with Crippen molar-refractivity contribution in [3.05, 3.63) is 100 Å². The van der Waals surface area contributed by atoms with E-state index in [2.05, 4.69) is 30.2 Å². The van der Waals surface area contributed by atoms with Gasteiger partial charge in [-0.25, -0.2) is 18.9 Å². The third kappa shape index (κ3) is 12.3. The molecule has 0 bridgehead atoms. The van der Waals surface area contributed by atoms with Crippen molar-refractivity contribution in [2.75, 3.05) is 31.2 Å². The van der Waals surface area contributed by atoms with Gasteiger partial charge in [-0.15, -0.1) is 11.3 Å². The summed E-state index contributed by atoms with van der Waals surface area (Å²) in [5.74, 6) is -0.762. The maximum atomic E-state index is 13.8. The van der Waals surface area contributed by atoms with Crippen LogP contribution < -0.4 is 20.9 Å². The van der Waals surface area contributed by atoms with E-state index in [1.807, 2.05) is 79.9 Å². The van der Waals surface area contributed by atoms with Gasteiger partial charge in [0.05, 0.1) is 35.9 Å². The average molecular weight is 751 g/mol. The SMILES string of the molecule is CC(C)[C@H](NC(=O)OCc1csc(N2CCOCC2)n1)C(=O)N[C@@H](Cc1ccccc1)[C@@H](O)C[C@H](Cc1ccccc1)NC(=O)OCc1ccns1. The van der Waals surface area contributed by atoms with Crippen LogP contribution in [0, 0.1) is 5.92 Å². The van der Waals surface area contributed by atoms with E-state index >= 15 is 0 Å². The normalized spacial score (nSPS) is 15.3. The number of aromatic nitrogens is 2. The summed E-state index contributed by atoms with van der Waals surface area (Å²) in [6.45, 7) is 6.47. The number of nitrogens with one attached hydrogen (secondary N) is 3. The number of morpholine rings is 1. The Balaban J connectivity index is 1.23. The van der Waals surface area contributed by atoms with Gasteiger partial charge in [0.15, 0.2) is 5.13 Å². The van der Waals surface area contributed by atoms with Crippen LogP contribution in [0.5, 0.6) is 0 Å². The number of alkyl carbamates (subject to hydrolysis) is 2. The molecule has 0 unspecified atom stereocenters. The minimum absolute atomic E-state index is 0.0447. The third-order valence-corrected chi connectivity index (χ3v) is 10.2. The molecule has 5 rings (SSSR count). The molecule has 1 aliphatic rings. The quantitative estimate of drug-likeness (QED) is 0.119.